The summed E-state index contributed by atoms with van der Waals surface area (Å²) in [5, 5.41) is 4.57. The minimum absolute atomic E-state index is 0.749. The van der Waals surface area contributed by atoms with E-state index in [1.165, 1.54) is 11.1 Å². The molecule has 0 amide bonds. The van der Waals surface area contributed by atoms with E-state index in [1.54, 1.807) is 6.20 Å². The fraction of sp³-hybridized carbons (Fsp3) is 0.300. The van der Waals surface area contributed by atoms with Gasteiger partial charge >= 0.3 is 0 Å². The Kier molecular flexibility index (Phi) is 1.53. The van der Waals surface area contributed by atoms with Crippen LogP contribution < -0.4 is 0 Å². The molecule has 0 aromatic carbocycles. The zero-order chi connectivity index (χ0) is 9.71. The summed E-state index contributed by atoms with van der Waals surface area (Å²) in [5.41, 5.74) is 3.51. The van der Waals surface area contributed by atoms with Crippen molar-refractivity contribution in [2.75, 3.05) is 0 Å². The molecule has 1 aliphatic rings. The summed E-state index contributed by atoms with van der Waals surface area (Å²) in [6.45, 7) is 0. The first-order valence-corrected chi connectivity index (χ1v) is 4.93. The summed E-state index contributed by atoms with van der Waals surface area (Å²) in [7, 11) is 1.94. The van der Waals surface area contributed by atoms with E-state index in [9.17, 15) is 0 Å². The monoisotopic (exact) mass is 208 g/mol. The third-order valence-corrected chi connectivity index (χ3v) is 3.14. The quantitative estimate of drug-likeness (QED) is 0.666. The van der Waals surface area contributed by atoms with Crippen LogP contribution in [0.3, 0.4) is 0 Å². The summed E-state index contributed by atoms with van der Waals surface area (Å²) < 4.78 is 7.19. The van der Waals surface area contributed by atoms with Crippen molar-refractivity contribution in [1.29, 1.82) is 0 Å². The SMILES string of the molecule is Cn1c(Cl)cc2c1-c1oncc1CC2. The van der Waals surface area contributed by atoms with Crippen LogP contribution in [0.5, 0.6) is 0 Å². The minimum Gasteiger partial charge on any atom is -0.354 e. The molecule has 0 unspecified atom stereocenters. The maximum Gasteiger partial charge on any atom is 0.186 e. The summed E-state index contributed by atoms with van der Waals surface area (Å²) in [6, 6.07) is 2.00. The zero-order valence-corrected chi connectivity index (χ0v) is 8.51. The van der Waals surface area contributed by atoms with Crippen LogP contribution >= 0.6 is 11.6 Å². The third-order valence-electron chi connectivity index (χ3n) is 2.78. The van der Waals surface area contributed by atoms with E-state index >= 15 is 0 Å². The van der Waals surface area contributed by atoms with Gasteiger partial charge < -0.3 is 9.09 Å². The fourth-order valence-electron chi connectivity index (χ4n) is 2.02. The molecule has 14 heavy (non-hydrogen) atoms. The molecule has 0 fully saturated rings. The molecule has 2 aromatic rings. The van der Waals surface area contributed by atoms with Gasteiger partial charge in [-0.15, -0.1) is 0 Å². The molecule has 0 saturated carbocycles. The van der Waals surface area contributed by atoms with Crippen LogP contribution in [-0.2, 0) is 19.9 Å². The van der Waals surface area contributed by atoms with Crippen molar-refractivity contribution in [3.63, 3.8) is 0 Å². The van der Waals surface area contributed by atoms with Crippen LogP contribution in [0.15, 0.2) is 16.8 Å². The predicted molar refractivity (Wildman–Crippen MR) is 53.3 cm³/mol. The third kappa shape index (κ3) is 0.904. The van der Waals surface area contributed by atoms with Crippen molar-refractivity contribution in [3.8, 4) is 11.5 Å². The van der Waals surface area contributed by atoms with Crippen molar-refractivity contribution < 1.29 is 4.52 Å². The van der Waals surface area contributed by atoms with Gasteiger partial charge in [0.1, 0.15) is 5.15 Å². The molecule has 2 heterocycles. The van der Waals surface area contributed by atoms with E-state index in [4.69, 9.17) is 16.1 Å². The molecule has 0 bridgehead atoms. The Morgan fingerprint density at radius 3 is 3.07 bits per heavy atom. The first-order valence-electron chi connectivity index (χ1n) is 4.55. The maximum absolute atomic E-state index is 6.05. The molecule has 72 valence electrons. The number of rotatable bonds is 0. The molecular weight excluding hydrogens is 200 g/mol. The van der Waals surface area contributed by atoms with Crippen LogP contribution in [0.1, 0.15) is 11.1 Å². The van der Waals surface area contributed by atoms with Gasteiger partial charge in [0.05, 0.1) is 11.9 Å². The highest BCUT2D eigenvalue weighted by Crippen LogP contribution is 2.36. The molecular formula is C10H9ClN2O. The van der Waals surface area contributed by atoms with Crippen molar-refractivity contribution >= 4 is 11.6 Å². The standard InChI is InChI=1S/C10H9ClN2O/c1-13-8(11)4-6-2-3-7-5-12-14-10(7)9(6)13/h4-5H,2-3H2,1H3. The lowest BCUT2D eigenvalue weighted by Crippen LogP contribution is -2.02. The number of aryl methyl sites for hydroxylation is 2. The number of nitrogens with zero attached hydrogens (tertiary/aromatic N) is 2. The minimum atomic E-state index is 0.749. The van der Waals surface area contributed by atoms with E-state index < -0.39 is 0 Å². The maximum atomic E-state index is 6.05. The second-order valence-corrected chi connectivity index (χ2v) is 3.97. The fourth-order valence-corrected chi connectivity index (χ4v) is 2.24. The molecule has 1 aliphatic carbocycles. The Labute approximate surface area is 86.3 Å². The van der Waals surface area contributed by atoms with Crippen molar-refractivity contribution in [3.05, 3.63) is 28.5 Å². The topological polar surface area (TPSA) is 31.0 Å². The Morgan fingerprint density at radius 1 is 1.43 bits per heavy atom. The predicted octanol–water partition coefficient (Wildman–Crippen LogP) is 2.43. The highest BCUT2D eigenvalue weighted by molar-refractivity contribution is 6.30. The molecule has 4 heteroatoms. The highest BCUT2D eigenvalue weighted by Gasteiger charge is 2.24. The zero-order valence-electron chi connectivity index (χ0n) is 7.75. The van der Waals surface area contributed by atoms with E-state index in [2.05, 4.69) is 5.16 Å². The number of aromatic nitrogens is 2. The summed E-state index contributed by atoms with van der Waals surface area (Å²) in [4.78, 5) is 0. The first kappa shape index (κ1) is 8.12. The Bertz CT molecular complexity index is 498. The van der Waals surface area contributed by atoms with Crippen LogP contribution in [0, 0.1) is 0 Å². The number of hydrogen-bond donors (Lipinski definition) is 0. The van der Waals surface area contributed by atoms with Gasteiger partial charge in [0.15, 0.2) is 5.76 Å². The number of halogens is 1. The molecule has 0 atom stereocenters. The molecule has 0 radical (unpaired) electrons. The van der Waals surface area contributed by atoms with Gasteiger partial charge in [-0.1, -0.05) is 16.8 Å². The molecule has 0 N–H and O–H groups in total. The average Bonchev–Trinajstić information content (AvgIpc) is 2.72. The second-order valence-electron chi connectivity index (χ2n) is 3.58. The Hall–Kier alpha value is -1.22. The van der Waals surface area contributed by atoms with Gasteiger partial charge in [0.2, 0.25) is 0 Å². The average molecular weight is 209 g/mol. The summed E-state index contributed by atoms with van der Waals surface area (Å²) in [5.74, 6) is 0.876. The molecule has 0 spiro atoms. The van der Waals surface area contributed by atoms with E-state index in [1.807, 2.05) is 17.7 Å². The lowest BCUT2D eigenvalue weighted by atomic mass is 9.97. The molecule has 3 rings (SSSR count). The van der Waals surface area contributed by atoms with Crippen LogP contribution in [0.25, 0.3) is 11.5 Å². The lowest BCUT2D eigenvalue weighted by molar-refractivity contribution is 0.428. The van der Waals surface area contributed by atoms with Crippen LogP contribution in [-0.4, -0.2) is 9.72 Å². The van der Waals surface area contributed by atoms with Gasteiger partial charge in [-0.05, 0) is 24.5 Å². The summed E-state index contributed by atoms with van der Waals surface area (Å²) in [6.07, 6.45) is 3.80. The van der Waals surface area contributed by atoms with Gasteiger partial charge in [0.25, 0.3) is 0 Å². The largest absolute Gasteiger partial charge is 0.354 e. The lowest BCUT2D eigenvalue weighted by Gasteiger charge is -2.11. The van der Waals surface area contributed by atoms with Gasteiger partial charge in [0, 0.05) is 12.6 Å². The van der Waals surface area contributed by atoms with Gasteiger partial charge in [-0.3, -0.25) is 0 Å². The highest BCUT2D eigenvalue weighted by atomic mass is 35.5. The molecule has 2 aromatic heterocycles. The molecule has 0 saturated heterocycles. The van der Waals surface area contributed by atoms with E-state index in [0.717, 1.165) is 29.4 Å². The van der Waals surface area contributed by atoms with Crippen LogP contribution in [0.2, 0.25) is 5.15 Å². The summed E-state index contributed by atoms with van der Waals surface area (Å²) >= 11 is 6.05. The second kappa shape index (κ2) is 2.64. The Balaban J connectivity index is 2.34. The van der Waals surface area contributed by atoms with Crippen LogP contribution in [0.4, 0.5) is 0 Å². The molecule has 3 nitrogen and oxygen atoms in total. The van der Waals surface area contributed by atoms with E-state index in [0.29, 0.717) is 0 Å². The first-order chi connectivity index (χ1) is 6.77. The molecule has 0 aliphatic heterocycles. The van der Waals surface area contributed by atoms with E-state index in [-0.39, 0.29) is 0 Å². The smallest absolute Gasteiger partial charge is 0.186 e. The normalized spacial score (nSPS) is 13.9. The van der Waals surface area contributed by atoms with Crippen molar-refractivity contribution in [2.24, 2.45) is 7.05 Å². The van der Waals surface area contributed by atoms with Gasteiger partial charge in [-0.2, -0.15) is 0 Å². The number of hydrogen-bond acceptors (Lipinski definition) is 2. The van der Waals surface area contributed by atoms with Gasteiger partial charge in [-0.25, -0.2) is 0 Å². The number of fused-ring (bicyclic) bond motifs is 3. The Morgan fingerprint density at radius 2 is 2.21 bits per heavy atom. The van der Waals surface area contributed by atoms with Crippen molar-refractivity contribution in [1.82, 2.24) is 9.72 Å². The van der Waals surface area contributed by atoms with Crippen molar-refractivity contribution in [2.45, 2.75) is 12.8 Å².